The van der Waals surface area contributed by atoms with Gasteiger partial charge in [-0.2, -0.15) is 0 Å². The van der Waals surface area contributed by atoms with E-state index in [4.69, 9.17) is 14.2 Å². The molecule has 0 aliphatic heterocycles. The number of ether oxygens (including phenoxy) is 3. The first-order valence-electron chi connectivity index (χ1n) is 25.0. The minimum Gasteiger partial charge on any atom is -0.544 e. The molecule has 0 heterocycles. The Morgan fingerprint density at radius 1 is 0.500 bits per heavy atom. The second-order valence-corrected chi connectivity index (χ2v) is 17.7. The summed E-state index contributed by atoms with van der Waals surface area (Å²) in [5.74, 6) is -1.81. The molecule has 2 unspecified atom stereocenters. The standard InChI is InChI=1S/C54H93NO7/c1-6-8-10-12-14-16-18-20-22-24-26-27-29-30-32-34-36-38-40-42-44-52(56)61-49-50(48-60-47-46-51(54(58)59)55(3,4)5)62-53(57)45-43-41-39-37-35-33-31-28-25-23-21-19-17-15-13-11-9-7-2/h8,10,14,16,20,22,26-27,30,32,36,38,50-51H,6-7,9,11-13,15,17-19,21,23-25,28-29,31,33-35,37,39-49H2,1-5H3/b10-8+,16-14+,22-20+,27-26+,32-30+,38-36+. The summed E-state index contributed by atoms with van der Waals surface area (Å²) in [5.41, 5.74) is 0. The van der Waals surface area contributed by atoms with E-state index in [1.165, 1.54) is 96.3 Å². The van der Waals surface area contributed by atoms with Crippen LogP contribution in [0.1, 0.15) is 200 Å². The molecule has 0 amide bonds. The molecule has 2 atom stereocenters. The molecule has 0 aliphatic rings. The van der Waals surface area contributed by atoms with Crippen LogP contribution in [0.3, 0.4) is 0 Å². The Kier molecular flexibility index (Phi) is 42.1. The summed E-state index contributed by atoms with van der Waals surface area (Å²) in [6.07, 6.45) is 56.5. The van der Waals surface area contributed by atoms with Crippen LogP contribution >= 0.6 is 0 Å². The van der Waals surface area contributed by atoms with E-state index in [1.54, 1.807) is 21.1 Å². The third-order valence-electron chi connectivity index (χ3n) is 10.9. The highest BCUT2D eigenvalue weighted by molar-refractivity contribution is 5.70. The van der Waals surface area contributed by atoms with Gasteiger partial charge in [-0.05, 0) is 57.8 Å². The van der Waals surface area contributed by atoms with Crippen molar-refractivity contribution < 1.29 is 38.2 Å². The van der Waals surface area contributed by atoms with Crippen molar-refractivity contribution in [3.05, 3.63) is 72.9 Å². The second kappa shape index (κ2) is 44.4. The lowest BCUT2D eigenvalue weighted by atomic mass is 10.0. The molecule has 8 nitrogen and oxygen atoms in total. The minimum atomic E-state index is -1.13. The molecule has 8 heteroatoms. The van der Waals surface area contributed by atoms with E-state index in [9.17, 15) is 19.5 Å². The number of esters is 2. The number of hydrogen-bond donors (Lipinski definition) is 0. The summed E-state index contributed by atoms with van der Waals surface area (Å²) in [6, 6.07) is -0.737. The van der Waals surface area contributed by atoms with Gasteiger partial charge in [0.1, 0.15) is 12.6 Å². The number of allylic oxidation sites excluding steroid dienone is 12. The molecule has 0 aliphatic carbocycles. The Bertz CT molecular complexity index is 1240. The SMILES string of the molecule is CC/C=C/C/C=C/C/C=C/C/C=C/C/C=C/C/C=C/CCCC(=O)OCC(COCCC(C(=O)[O-])[N+](C)(C)C)OC(=O)CCCCCCCCCCCCCCCCCCCC. The maximum absolute atomic E-state index is 12.8. The molecule has 0 fully saturated rings. The topological polar surface area (TPSA) is 102 Å². The molecule has 0 aromatic carbocycles. The smallest absolute Gasteiger partial charge is 0.306 e. The fourth-order valence-corrected chi connectivity index (χ4v) is 7.02. The Morgan fingerprint density at radius 2 is 0.903 bits per heavy atom. The van der Waals surface area contributed by atoms with E-state index in [1.807, 2.05) is 0 Å². The molecule has 0 radical (unpaired) electrons. The van der Waals surface area contributed by atoms with Crippen LogP contribution in [0.2, 0.25) is 0 Å². The van der Waals surface area contributed by atoms with E-state index in [0.717, 1.165) is 64.2 Å². The number of aliphatic carboxylic acids is 1. The van der Waals surface area contributed by atoms with Gasteiger partial charge in [0, 0.05) is 19.3 Å². The summed E-state index contributed by atoms with van der Waals surface area (Å²) in [4.78, 5) is 37.0. The lowest BCUT2D eigenvalue weighted by Crippen LogP contribution is -2.55. The molecule has 0 saturated heterocycles. The van der Waals surface area contributed by atoms with Crippen LogP contribution in [-0.4, -0.2) is 75.5 Å². The number of rotatable bonds is 44. The fourth-order valence-electron chi connectivity index (χ4n) is 7.02. The predicted molar refractivity (Wildman–Crippen MR) is 259 cm³/mol. The fraction of sp³-hybridized carbons (Fsp3) is 0.722. The number of carboxylic acids is 1. The first kappa shape index (κ1) is 58.8. The average Bonchev–Trinajstić information content (AvgIpc) is 3.23. The van der Waals surface area contributed by atoms with Crippen LogP contribution in [0.5, 0.6) is 0 Å². The van der Waals surface area contributed by atoms with E-state index in [0.29, 0.717) is 12.8 Å². The van der Waals surface area contributed by atoms with Gasteiger partial charge in [0.05, 0.1) is 40.3 Å². The van der Waals surface area contributed by atoms with E-state index < -0.39 is 18.1 Å². The van der Waals surface area contributed by atoms with Gasteiger partial charge in [-0.1, -0.05) is 196 Å². The van der Waals surface area contributed by atoms with Crippen molar-refractivity contribution in [2.45, 2.75) is 212 Å². The van der Waals surface area contributed by atoms with Gasteiger partial charge in [0.25, 0.3) is 0 Å². The van der Waals surface area contributed by atoms with Crippen molar-refractivity contribution in [1.82, 2.24) is 0 Å². The first-order chi connectivity index (χ1) is 30.1. The maximum atomic E-state index is 12.8. The van der Waals surface area contributed by atoms with Gasteiger partial charge >= 0.3 is 11.9 Å². The van der Waals surface area contributed by atoms with E-state index >= 15 is 0 Å². The quantitative estimate of drug-likeness (QED) is 0.0260. The highest BCUT2D eigenvalue weighted by atomic mass is 16.6. The number of carboxylic acid groups (broad SMARTS) is 1. The van der Waals surface area contributed by atoms with Crippen LogP contribution < -0.4 is 5.11 Å². The Balaban J connectivity index is 4.36. The first-order valence-corrected chi connectivity index (χ1v) is 25.0. The summed E-state index contributed by atoms with van der Waals surface area (Å²) in [5, 5.41) is 11.7. The van der Waals surface area contributed by atoms with Gasteiger partial charge in [0.15, 0.2) is 6.10 Å². The Labute approximate surface area is 381 Å². The number of quaternary nitrogens is 1. The molecule has 0 spiro atoms. The van der Waals surface area contributed by atoms with Crippen LogP contribution in [0, 0.1) is 0 Å². The molecular weight excluding hydrogens is 775 g/mol. The number of unbranched alkanes of at least 4 members (excludes halogenated alkanes) is 18. The van der Waals surface area contributed by atoms with E-state index in [-0.39, 0.29) is 49.1 Å². The minimum absolute atomic E-state index is 0.0214. The number of likely N-dealkylation sites (N-methyl/N-ethyl adjacent to an activating group) is 1. The molecule has 0 N–H and O–H groups in total. The summed E-state index contributed by atoms with van der Waals surface area (Å²) in [6.45, 7) is 4.50. The molecule has 0 aromatic heterocycles. The van der Waals surface area contributed by atoms with Gasteiger partial charge in [-0.25, -0.2) is 0 Å². The molecule has 0 rings (SSSR count). The molecule has 356 valence electrons. The summed E-state index contributed by atoms with van der Waals surface area (Å²) < 4.78 is 17.2. The predicted octanol–water partition coefficient (Wildman–Crippen LogP) is 13.0. The Morgan fingerprint density at radius 3 is 1.32 bits per heavy atom. The average molecular weight is 868 g/mol. The van der Waals surface area contributed by atoms with Gasteiger partial charge in [-0.15, -0.1) is 0 Å². The highest BCUT2D eigenvalue weighted by Crippen LogP contribution is 2.15. The van der Waals surface area contributed by atoms with Gasteiger partial charge in [-0.3, -0.25) is 9.59 Å². The second-order valence-electron chi connectivity index (χ2n) is 17.7. The van der Waals surface area contributed by atoms with Crippen LogP contribution in [-0.2, 0) is 28.6 Å². The lowest BCUT2D eigenvalue weighted by Gasteiger charge is -2.34. The number of hydrogen-bond acceptors (Lipinski definition) is 7. The van der Waals surface area contributed by atoms with Gasteiger partial charge < -0.3 is 28.6 Å². The third-order valence-corrected chi connectivity index (χ3v) is 10.9. The number of carbonyl (C=O) groups is 3. The zero-order valence-electron chi connectivity index (χ0n) is 40.5. The van der Waals surface area contributed by atoms with Crippen molar-refractivity contribution in [3.8, 4) is 0 Å². The van der Waals surface area contributed by atoms with Crippen LogP contribution in [0.4, 0.5) is 0 Å². The lowest BCUT2D eigenvalue weighted by molar-refractivity contribution is -0.889. The van der Waals surface area contributed by atoms with Crippen molar-refractivity contribution >= 4 is 17.9 Å². The molecule has 0 aromatic rings. The molecule has 62 heavy (non-hydrogen) atoms. The monoisotopic (exact) mass is 868 g/mol. The normalized spacial score (nSPS) is 13.5. The molecular formula is C54H93NO7. The Hall–Kier alpha value is -3.23. The number of carbonyl (C=O) groups excluding carboxylic acids is 3. The van der Waals surface area contributed by atoms with Gasteiger partial charge in [0.2, 0.25) is 0 Å². The largest absolute Gasteiger partial charge is 0.544 e. The summed E-state index contributed by atoms with van der Waals surface area (Å²) >= 11 is 0. The van der Waals surface area contributed by atoms with Crippen molar-refractivity contribution in [3.63, 3.8) is 0 Å². The molecule has 0 bridgehead atoms. The molecule has 0 saturated carbocycles. The van der Waals surface area contributed by atoms with Crippen molar-refractivity contribution in [2.75, 3.05) is 41.0 Å². The zero-order chi connectivity index (χ0) is 45.6. The third kappa shape index (κ3) is 42.1. The van der Waals surface area contributed by atoms with Crippen molar-refractivity contribution in [2.24, 2.45) is 0 Å². The van der Waals surface area contributed by atoms with E-state index in [2.05, 4.69) is 86.8 Å². The highest BCUT2D eigenvalue weighted by Gasteiger charge is 2.25. The maximum Gasteiger partial charge on any atom is 0.306 e. The van der Waals surface area contributed by atoms with Crippen molar-refractivity contribution in [1.29, 1.82) is 0 Å². The van der Waals surface area contributed by atoms with Crippen LogP contribution in [0.15, 0.2) is 72.9 Å². The number of nitrogens with zero attached hydrogens (tertiary/aromatic N) is 1. The summed E-state index contributed by atoms with van der Waals surface area (Å²) in [7, 11) is 5.39. The zero-order valence-corrected chi connectivity index (χ0v) is 40.5. The van der Waals surface area contributed by atoms with Crippen LogP contribution in [0.25, 0.3) is 0 Å².